The second-order valence-corrected chi connectivity index (χ2v) is 10.0. The van der Waals surface area contributed by atoms with Gasteiger partial charge in [0.15, 0.2) is 5.52 Å². The normalized spacial score (nSPS) is 20.5. The number of imidazole rings is 2. The lowest BCUT2D eigenvalue weighted by Crippen LogP contribution is -2.50. The molecule has 2 N–H and O–H groups in total. The summed E-state index contributed by atoms with van der Waals surface area (Å²) in [6, 6.07) is 4.51. The summed E-state index contributed by atoms with van der Waals surface area (Å²) in [5.74, 6) is 0.914. The maximum atomic E-state index is 13.4. The Bertz CT molecular complexity index is 1590. The van der Waals surface area contributed by atoms with Gasteiger partial charge in [-0.1, -0.05) is 13.8 Å². The van der Waals surface area contributed by atoms with E-state index in [2.05, 4.69) is 28.8 Å². The molecule has 0 spiro atoms. The lowest BCUT2D eigenvalue weighted by atomic mass is 9.86. The predicted molar refractivity (Wildman–Crippen MR) is 135 cm³/mol. The van der Waals surface area contributed by atoms with E-state index in [-0.39, 0.29) is 17.3 Å². The first-order valence-corrected chi connectivity index (χ1v) is 12.2. The van der Waals surface area contributed by atoms with Crippen LogP contribution in [0.3, 0.4) is 0 Å². The van der Waals surface area contributed by atoms with Gasteiger partial charge in [0, 0.05) is 32.6 Å². The fourth-order valence-electron chi connectivity index (χ4n) is 5.29. The van der Waals surface area contributed by atoms with Crippen molar-refractivity contribution >= 4 is 28.1 Å². The number of aromatic amines is 1. The van der Waals surface area contributed by atoms with Gasteiger partial charge in [0.05, 0.1) is 35.5 Å². The number of hydrogen-bond donors (Lipinski definition) is 2. The molecule has 3 aromatic heterocycles. The number of hydrogen-bond acceptors (Lipinski definition) is 6. The van der Waals surface area contributed by atoms with Gasteiger partial charge in [-0.2, -0.15) is 0 Å². The molecule has 36 heavy (non-hydrogen) atoms. The average Bonchev–Trinajstić information content (AvgIpc) is 3.50. The predicted octanol–water partition coefficient (Wildman–Crippen LogP) is 1.66. The van der Waals surface area contributed by atoms with Crippen molar-refractivity contribution in [2.45, 2.75) is 57.2 Å². The van der Waals surface area contributed by atoms with Gasteiger partial charge < -0.3 is 19.6 Å². The molecule has 11 heteroatoms. The molecule has 1 aromatic carbocycles. The molecule has 0 unspecified atom stereocenters. The molecule has 11 nitrogen and oxygen atoms in total. The highest BCUT2D eigenvalue weighted by Crippen LogP contribution is 2.33. The Balaban J connectivity index is 1.45. The van der Waals surface area contributed by atoms with Crippen molar-refractivity contribution < 1.29 is 9.90 Å². The Morgan fingerprint density at radius 1 is 1.19 bits per heavy atom. The minimum atomic E-state index is -0.910. The van der Waals surface area contributed by atoms with Crippen LogP contribution in [0.15, 0.2) is 34.1 Å². The van der Waals surface area contributed by atoms with E-state index in [4.69, 9.17) is 0 Å². The molecule has 0 radical (unpaired) electrons. The first kappa shape index (κ1) is 24.0. The quantitative estimate of drug-likeness (QED) is 0.445. The van der Waals surface area contributed by atoms with Gasteiger partial charge in [-0.15, -0.1) is 0 Å². The maximum Gasteiger partial charge on any atom is 0.332 e. The summed E-state index contributed by atoms with van der Waals surface area (Å²) in [6.45, 7) is 4.11. The highest BCUT2D eigenvalue weighted by molar-refractivity contribution is 5.97. The number of likely N-dealkylation sites (N-methyl/N-ethyl adjacent to an activating group) is 1. The number of fused-ring (bicyclic) bond motifs is 2. The summed E-state index contributed by atoms with van der Waals surface area (Å²) in [4.78, 5) is 52.2. The van der Waals surface area contributed by atoms with E-state index >= 15 is 0 Å². The molecule has 1 fully saturated rings. The zero-order valence-corrected chi connectivity index (χ0v) is 21.1. The van der Waals surface area contributed by atoms with Crippen LogP contribution in [-0.2, 0) is 14.1 Å². The number of aliphatic hydroxyl groups excluding tert-OH is 1. The van der Waals surface area contributed by atoms with Gasteiger partial charge >= 0.3 is 5.69 Å². The molecule has 0 saturated heterocycles. The summed E-state index contributed by atoms with van der Waals surface area (Å²) in [6.07, 6.45) is 2.62. The Morgan fingerprint density at radius 2 is 1.94 bits per heavy atom. The fourth-order valence-corrected chi connectivity index (χ4v) is 5.29. The molecular weight excluding hydrogens is 462 g/mol. The number of amides is 1. The SMILES string of the molecule is CC(C)c1nc2ccc(C(=O)N(C)[C@@H]3CCC[C@@H](n4cnc5c(=O)n(C)c(=O)n(C)c54)[C@@H]3O)cc2[nH]1. The largest absolute Gasteiger partial charge is 0.389 e. The van der Waals surface area contributed by atoms with E-state index in [1.54, 1.807) is 35.7 Å². The molecule has 0 bridgehead atoms. The number of aliphatic hydroxyl groups is 1. The monoisotopic (exact) mass is 493 g/mol. The zero-order valence-electron chi connectivity index (χ0n) is 21.1. The molecule has 1 amide bonds. The van der Waals surface area contributed by atoms with Crippen molar-refractivity contribution in [2.24, 2.45) is 14.1 Å². The Kier molecular flexibility index (Phi) is 5.82. The van der Waals surface area contributed by atoms with E-state index in [9.17, 15) is 19.5 Å². The number of carbonyl (C=O) groups is 1. The van der Waals surface area contributed by atoms with E-state index < -0.39 is 29.4 Å². The topological polar surface area (TPSA) is 131 Å². The number of rotatable bonds is 4. The number of carbonyl (C=O) groups excluding carboxylic acids is 1. The highest BCUT2D eigenvalue weighted by Gasteiger charge is 2.38. The average molecular weight is 494 g/mol. The Hall–Kier alpha value is -3.73. The lowest BCUT2D eigenvalue weighted by Gasteiger charge is -2.40. The highest BCUT2D eigenvalue weighted by atomic mass is 16.3. The third-order valence-electron chi connectivity index (χ3n) is 7.42. The molecule has 5 rings (SSSR count). The maximum absolute atomic E-state index is 13.4. The number of aromatic nitrogens is 6. The second kappa shape index (κ2) is 8.74. The number of aryl methyl sites for hydroxylation is 1. The molecular formula is C25H31N7O4. The Morgan fingerprint density at radius 3 is 2.67 bits per heavy atom. The number of nitrogens with zero attached hydrogens (tertiary/aromatic N) is 6. The van der Waals surface area contributed by atoms with Gasteiger partial charge in [-0.25, -0.2) is 14.8 Å². The van der Waals surface area contributed by atoms with Crippen LogP contribution in [0.5, 0.6) is 0 Å². The zero-order chi connectivity index (χ0) is 25.9. The van der Waals surface area contributed by atoms with Crippen molar-refractivity contribution in [3.05, 3.63) is 56.8 Å². The summed E-state index contributed by atoms with van der Waals surface area (Å²) < 4.78 is 4.10. The van der Waals surface area contributed by atoms with Crippen LogP contribution in [0, 0.1) is 0 Å². The third kappa shape index (κ3) is 3.65. The number of H-pyrrole nitrogens is 1. The number of nitrogens with one attached hydrogen (secondary N) is 1. The van der Waals surface area contributed by atoms with Crippen molar-refractivity contribution in [3.63, 3.8) is 0 Å². The molecule has 1 saturated carbocycles. The van der Waals surface area contributed by atoms with Crippen LogP contribution in [0.2, 0.25) is 0 Å². The lowest BCUT2D eigenvalue weighted by molar-refractivity contribution is -0.0000217. The molecule has 1 aliphatic carbocycles. The summed E-state index contributed by atoms with van der Waals surface area (Å²) in [7, 11) is 4.70. The molecule has 4 aromatic rings. The first-order chi connectivity index (χ1) is 17.1. The van der Waals surface area contributed by atoms with Gasteiger partial charge in [-0.05, 0) is 37.5 Å². The van der Waals surface area contributed by atoms with Crippen LogP contribution in [0.4, 0.5) is 0 Å². The van der Waals surface area contributed by atoms with Crippen LogP contribution in [0.25, 0.3) is 22.2 Å². The fraction of sp³-hybridized carbons (Fsp3) is 0.480. The third-order valence-corrected chi connectivity index (χ3v) is 7.42. The van der Waals surface area contributed by atoms with Crippen molar-refractivity contribution in [1.82, 2.24) is 33.6 Å². The first-order valence-electron chi connectivity index (χ1n) is 12.2. The standard InChI is InChI=1S/C25H31N7O4/c1-13(2)21-27-15-10-9-14(11-16(15)28-21)23(34)29(3)17-7-6-8-18(20(17)33)32-12-26-19-22(32)30(4)25(36)31(5)24(19)35/h9-13,17-18,20,33H,6-8H2,1-5H3,(H,27,28)/t17-,18-,20-/m1/s1. The molecule has 190 valence electrons. The van der Waals surface area contributed by atoms with Crippen molar-refractivity contribution in [2.75, 3.05) is 7.05 Å². The van der Waals surface area contributed by atoms with E-state index in [0.717, 1.165) is 27.8 Å². The molecule has 1 aliphatic rings. The van der Waals surface area contributed by atoms with Crippen LogP contribution < -0.4 is 11.2 Å². The number of benzene rings is 1. The van der Waals surface area contributed by atoms with Crippen LogP contribution in [0.1, 0.15) is 61.3 Å². The summed E-state index contributed by atoms with van der Waals surface area (Å²) in [5, 5.41) is 11.4. The minimum Gasteiger partial charge on any atom is -0.389 e. The van der Waals surface area contributed by atoms with Gasteiger partial charge in [0.2, 0.25) is 0 Å². The van der Waals surface area contributed by atoms with Crippen molar-refractivity contribution in [3.8, 4) is 0 Å². The van der Waals surface area contributed by atoms with E-state index in [0.29, 0.717) is 24.1 Å². The van der Waals surface area contributed by atoms with Gasteiger partial charge in [-0.3, -0.25) is 18.7 Å². The summed E-state index contributed by atoms with van der Waals surface area (Å²) >= 11 is 0. The Labute approximate surface area is 207 Å². The second-order valence-electron chi connectivity index (χ2n) is 10.0. The van der Waals surface area contributed by atoms with Gasteiger partial charge in [0.1, 0.15) is 11.5 Å². The molecule has 3 atom stereocenters. The molecule has 3 heterocycles. The summed E-state index contributed by atoms with van der Waals surface area (Å²) in [5.41, 5.74) is 1.72. The van der Waals surface area contributed by atoms with Crippen molar-refractivity contribution in [1.29, 1.82) is 0 Å². The van der Waals surface area contributed by atoms with Crippen LogP contribution >= 0.6 is 0 Å². The van der Waals surface area contributed by atoms with E-state index in [1.807, 2.05) is 6.07 Å². The van der Waals surface area contributed by atoms with Gasteiger partial charge in [0.25, 0.3) is 11.5 Å². The van der Waals surface area contributed by atoms with Crippen LogP contribution in [-0.4, -0.2) is 63.8 Å². The smallest absolute Gasteiger partial charge is 0.332 e. The minimum absolute atomic E-state index is 0.173. The van der Waals surface area contributed by atoms with E-state index in [1.165, 1.54) is 17.9 Å². The molecule has 0 aliphatic heterocycles.